The second kappa shape index (κ2) is 7.65. The summed E-state index contributed by atoms with van der Waals surface area (Å²) < 4.78 is 19.8. The van der Waals surface area contributed by atoms with E-state index in [1.807, 2.05) is 6.07 Å². The Morgan fingerprint density at radius 3 is 2.65 bits per heavy atom. The molecule has 1 aromatic rings. The summed E-state index contributed by atoms with van der Waals surface area (Å²) in [5, 5.41) is 0. The number of nitrogens with zero attached hydrogens (tertiary/aromatic N) is 2. The highest BCUT2D eigenvalue weighted by Gasteiger charge is 2.44. The molecule has 0 N–H and O–H groups in total. The third-order valence-corrected chi connectivity index (χ3v) is 6.28. The lowest BCUT2D eigenvalue weighted by atomic mass is 9.88. The molecule has 0 radical (unpaired) electrons. The fourth-order valence-corrected chi connectivity index (χ4v) is 4.91. The minimum atomic E-state index is -0.315. The highest BCUT2D eigenvalue weighted by atomic mass is 19.1. The van der Waals surface area contributed by atoms with Crippen molar-refractivity contribution in [3.8, 4) is 0 Å². The number of piperidine rings is 1. The lowest BCUT2D eigenvalue weighted by Crippen LogP contribution is -2.62. The molecular weight excluding hydrogens is 331 g/mol. The van der Waals surface area contributed by atoms with Gasteiger partial charge in [-0.25, -0.2) is 4.39 Å². The van der Waals surface area contributed by atoms with E-state index in [1.165, 1.54) is 50.7 Å². The second-order valence-corrected chi connectivity index (χ2v) is 8.15. The molecule has 4 nitrogen and oxygen atoms in total. The zero-order valence-corrected chi connectivity index (χ0v) is 15.5. The first-order valence-corrected chi connectivity index (χ1v) is 10.1. The Hall–Kier alpha value is -1.46. The summed E-state index contributed by atoms with van der Waals surface area (Å²) in [6.45, 7) is 2.63. The van der Waals surface area contributed by atoms with Crippen LogP contribution in [0.4, 0.5) is 10.1 Å². The van der Waals surface area contributed by atoms with E-state index < -0.39 is 0 Å². The van der Waals surface area contributed by atoms with Gasteiger partial charge in [-0.1, -0.05) is 31.7 Å². The average Bonchev–Trinajstić information content (AvgIpc) is 2.94. The molecule has 4 rings (SSSR count). The molecule has 2 aliphatic heterocycles. The number of carbonyl (C=O) groups excluding carboxylic acids is 1. The van der Waals surface area contributed by atoms with Crippen LogP contribution in [0.5, 0.6) is 0 Å². The van der Waals surface area contributed by atoms with Crippen molar-refractivity contribution in [1.29, 1.82) is 0 Å². The maximum absolute atomic E-state index is 13.6. The third kappa shape index (κ3) is 3.79. The van der Waals surface area contributed by atoms with Crippen molar-refractivity contribution in [2.75, 3.05) is 31.1 Å². The van der Waals surface area contributed by atoms with Gasteiger partial charge in [-0.3, -0.25) is 9.69 Å². The molecule has 3 fully saturated rings. The highest BCUT2D eigenvalue weighted by molar-refractivity contribution is 5.95. The van der Waals surface area contributed by atoms with Gasteiger partial charge < -0.3 is 9.64 Å². The lowest BCUT2D eigenvalue weighted by molar-refractivity contribution is -0.147. The van der Waals surface area contributed by atoms with Gasteiger partial charge in [0.25, 0.3) is 5.91 Å². The van der Waals surface area contributed by atoms with E-state index in [4.69, 9.17) is 4.74 Å². The van der Waals surface area contributed by atoms with Crippen molar-refractivity contribution in [3.05, 3.63) is 30.1 Å². The first kappa shape index (κ1) is 17.9. The zero-order valence-electron chi connectivity index (χ0n) is 15.5. The number of hydrogen-bond acceptors (Lipinski definition) is 3. The summed E-state index contributed by atoms with van der Waals surface area (Å²) in [6.07, 6.45) is 9.98. The Labute approximate surface area is 155 Å². The van der Waals surface area contributed by atoms with E-state index in [2.05, 4.69) is 4.90 Å². The topological polar surface area (TPSA) is 32.8 Å². The fourth-order valence-electron chi connectivity index (χ4n) is 4.91. The molecule has 1 spiro atoms. The summed E-state index contributed by atoms with van der Waals surface area (Å²) in [5.74, 6) is -0.382. The number of morpholine rings is 1. The van der Waals surface area contributed by atoms with E-state index in [1.54, 1.807) is 11.0 Å². The molecule has 0 aromatic heterocycles. The summed E-state index contributed by atoms with van der Waals surface area (Å²) in [7, 11) is 0. The Morgan fingerprint density at radius 2 is 1.88 bits per heavy atom. The van der Waals surface area contributed by atoms with Crippen LogP contribution in [0, 0.1) is 5.82 Å². The van der Waals surface area contributed by atoms with Crippen LogP contribution in [0.1, 0.15) is 51.4 Å². The van der Waals surface area contributed by atoms with Gasteiger partial charge in [-0.15, -0.1) is 0 Å². The van der Waals surface area contributed by atoms with Gasteiger partial charge in [-0.2, -0.15) is 0 Å². The van der Waals surface area contributed by atoms with Crippen molar-refractivity contribution < 1.29 is 13.9 Å². The summed E-state index contributed by atoms with van der Waals surface area (Å²) in [6, 6.07) is 6.99. The smallest absolute Gasteiger partial charge is 0.253 e. The van der Waals surface area contributed by atoms with Gasteiger partial charge in [0.05, 0.1) is 12.1 Å². The van der Waals surface area contributed by atoms with E-state index in [0.29, 0.717) is 18.3 Å². The Balaban J connectivity index is 1.50. The van der Waals surface area contributed by atoms with Gasteiger partial charge in [0.2, 0.25) is 0 Å². The van der Waals surface area contributed by atoms with E-state index >= 15 is 0 Å². The number of likely N-dealkylation sites (tertiary alicyclic amines) is 1. The van der Waals surface area contributed by atoms with E-state index in [-0.39, 0.29) is 23.9 Å². The molecule has 142 valence electrons. The molecule has 0 bridgehead atoms. The molecule has 5 heteroatoms. The van der Waals surface area contributed by atoms with Crippen LogP contribution in [0.15, 0.2) is 24.3 Å². The first-order chi connectivity index (χ1) is 12.7. The summed E-state index contributed by atoms with van der Waals surface area (Å²) in [4.78, 5) is 16.8. The molecule has 1 saturated carbocycles. The number of halogens is 1. The molecule has 26 heavy (non-hydrogen) atoms. The molecule has 1 amide bonds. The number of benzene rings is 1. The number of amides is 1. The number of carbonyl (C=O) groups is 1. The fraction of sp³-hybridized carbons (Fsp3) is 0.667. The normalized spacial score (nSPS) is 29.1. The molecule has 1 unspecified atom stereocenters. The molecule has 3 aliphatic rings. The van der Waals surface area contributed by atoms with Gasteiger partial charge >= 0.3 is 0 Å². The van der Waals surface area contributed by atoms with Crippen LogP contribution in [-0.2, 0) is 9.53 Å². The van der Waals surface area contributed by atoms with Crippen LogP contribution < -0.4 is 4.90 Å². The van der Waals surface area contributed by atoms with Crippen LogP contribution >= 0.6 is 0 Å². The minimum absolute atomic E-state index is 0.0761. The lowest BCUT2D eigenvalue weighted by Gasteiger charge is -2.49. The van der Waals surface area contributed by atoms with Crippen molar-refractivity contribution in [2.24, 2.45) is 0 Å². The van der Waals surface area contributed by atoms with Gasteiger partial charge in [0.15, 0.2) is 0 Å². The number of anilines is 1. The molecule has 1 atom stereocenters. The Morgan fingerprint density at radius 1 is 1.08 bits per heavy atom. The van der Waals surface area contributed by atoms with Crippen LogP contribution in [0.2, 0.25) is 0 Å². The maximum atomic E-state index is 13.6. The molecular formula is C21H29FN2O2. The zero-order chi connectivity index (χ0) is 18.0. The molecule has 1 aromatic carbocycles. The Bertz CT molecular complexity index is 645. The van der Waals surface area contributed by atoms with Gasteiger partial charge in [-0.05, 0) is 50.4 Å². The van der Waals surface area contributed by atoms with Crippen molar-refractivity contribution in [3.63, 3.8) is 0 Å². The second-order valence-electron chi connectivity index (χ2n) is 8.15. The number of rotatable bonds is 2. The number of ether oxygens (including phenoxy) is 1. The minimum Gasteiger partial charge on any atom is -0.362 e. The van der Waals surface area contributed by atoms with E-state index in [9.17, 15) is 9.18 Å². The third-order valence-electron chi connectivity index (χ3n) is 6.28. The van der Waals surface area contributed by atoms with Gasteiger partial charge in [0.1, 0.15) is 12.4 Å². The van der Waals surface area contributed by atoms with Crippen LogP contribution in [0.25, 0.3) is 0 Å². The van der Waals surface area contributed by atoms with Crippen LogP contribution in [-0.4, -0.2) is 48.7 Å². The first-order valence-electron chi connectivity index (χ1n) is 10.1. The van der Waals surface area contributed by atoms with Crippen molar-refractivity contribution in [1.82, 2.24) is 4.90 Å². The van der Waals surface area contributed by atoms with Crippen molar-refractivity contribution >= 4 is 11.6 Å². The van der Waals surface area contributed by atoms with E-state index in [0.717, 1.165) is 25.9 Å². The molecule has 2 heterocycles. The SMILES string of the molecule is O=C1COC2(CCCN(C3CCCCCC3)C2)CN1c1cccc(F)c1. The largest absolute Gasteiger partial charge is 0.362 e. The summed E-state index contributed by atoms with van der Waals surface area (Å²) >= 11 is 0. The monoisotopic (exact) mass is 360 g/mol. The van der Waals surface area contributed by atoms with Gasteiger partial charge in [0, 0.05) is 18.3 Å². The quantitative estimate of drug-likeness (QED) is 0.753. The maximum Gasteiger partial charge on any atom is 0.253 e. The molecule has 2 saturated heterocycles. The predicted octanol–water partition coefficient (Wildman–Crippen LogP) is 3.75. The summed E-state index contributed by atoms with van der Waals surface area (Å²) in [5.41, 5.74) is 0.328. The standard InChI is InChI=1S/C21H29FN2O2/c22-17-7-5-10-19(13-17)24-16-21(26-14-20(24)25)11-6-12-23(15-21)18-8-3-1-2-4-9-18/h5,7,10,13,18H,1-4,6,8-9,11-12,14-16H2. The Kier molecular flexibility index (Phi) is 5.28. The van der Waals surface area contributed by atoms with Crippen LogP contribution in [0.3, 0.4) is 0 Å². The molecule has 1 aliphatic carbocycles. The van der Waals surface area contributed by atoms with Crippen molar-refractivity contribution in [2.45, 2.75) is 63.0 Å². The average molecular weight is 360 g/mol. The highest BCUT2D eigenvalue weighted by Crippen LogP contribution is 2.34. The predicted molar refractivity (Wildman–Crippen MR) is 99.7 cm³/mol. The number of hydrogen-bond donors (Lipinski definition) is 0.